The fraction of sp³-hybridized carbons (Fsp3) is 0.875. The summed E-state index contributed by atoms with van der Waals surface area (Å²) >= 11 is 1.79. The summed E-state index contributed by atoms with van der Waals surface area (Å²) in [4.78, 5) is 0. The predicted octanol–water partition coefficient (Wildman–Crippen LogP) is 1.53. The van der Waals surface area contributed by atoms with Gasteiger partial charge in [0.1, 0.15) is 0 Å². The van der Waals surface area contributed by atoms with Crippen LogP contribution < -0.4 is 11.1 Å². The molecule has 2 N–H and O–H groups in total. The Hall–Kier alpha value is -0.420. The number of hydrazine groups is 2. The molecule has 0 saturated heterocycles. The van der Waals surface area contributed by atoms with E-state index in [2.05, 4.69) is 23.1 Å². The quantitative estimate of drug-likeness (QED) is 0.663. The molecule has 0 radical (unpaired) electrons. The van der Waals surface area contributed by atoms with Crippen LogP contribution in [0.2, 0.25) is 0 Å². The zero-order valence-electron chi connectivity index (χ0n) is 8.34. The van der Waals surface area contributed by atoms with Crippen molar-refractivity contribution in [2.24, 2.45) is 5.10 Å². The van der Waals surface area contributed by atoms with E-state index in [0.717, 1.165) is 10.9 Å². The molecule has 0 aromatic rings. The number of rotatable bonds is 5. The summed E-state index contributed by atoms with van der Waals surface area (Å²) in [6.07, 6.45) is 5.26. The molecule has 0 saturated carbocycles. The molecule has 0 aromatic heterocycles. The van der Waals surface area contributed by atoms with E-state index in [4.69, 9.17) is 0 Å². The lowest BCUT2D eigenvalue weighted by Gasteiger charge is -2.10. The molecular weight excluding hydrogens is 184 g/mol. The van der Waals surface area contributed by atoms with E-state index < -0.39 is 0 Å². The first-order chi connectivity index (χ1) is 6.34. The number of unbranched alkanes of at least 4 members (excludes halogenated alkanes) is 3. The molecule has 76 valence electrons. The Bertz CT molecular complexity index is 172. The number of hydrazone groups is 1. The van der Waals surface area contributed by atoms with Crippen molar-refractivity contribution >= 4 is 16.9 Å². The van der Waals surface area contributed by atoms with Crippen molar-refractivity contribution in [1.29, 1.82) is 0 Å². The molecule has 1 heterocycles. The minimum Gasteiger partial charge on any atom is -0.269 e. The first-order valence-electron chi connectivity index (χ1n) is 4.79. The van der Waals surface area contributed by atoms with Gasteiger partial charge in [0, 0.05) is 12.8 Å². The Morgan fingerprint density at radius 2 is 2.23 bits per heavy atom. The second-order valence-corrected chi connectivity index (χ2v) is 4.15. The minimum atomic E-state index is 1.02. The largest absolute Gasteiger partial charge is 0.269 e. The van der Waals surface area contributed by atoms with Crippen LogP contribution in [0.15, 0.2) is 5.10 Å². The molecule has 0 bridgehead atoms. The molecule has 0 spiro atoms. The van der Waals surface area contributed by atoms with Crippen molar-refractivity contribution in [3.05, 3.63) is 0 Å². The summed E-state index contributed by atoms with van der Waals surface area (Å²) in [5, 5.41) is 7.00. The summed E-state index contributed by atoms with van der Waals surface area (Å²) in [7, 11) is 1.96. The summed E-state index contributed by atoms with van der Waals surface area (Å²) < 4.78 is 0. The standard InChI is InChI=1S/C8H18N4S/c1-3-4-5-6-7-13-8-9-10-11-12(8)2/h10-11H,3-7H2,1-2H3. The first kappa shape index (κ1) is 10.7. The Labute approximate surface area is 84.1 Å². The third kappa shape index (κ3) is 3.87. The highest BCUT2D eigenvalue weighted by atomic mass is 32.2. The topological polar surface area (TPSA) is 39.7 Å². The van der Waals surface area contributed by atoms with Gasteiger partial charge in [0.15, 0.2) is 5.17 Å². The smallest absolute Gasteiger partial charge is 0.200 e. The predicted molar refractivity (Wildman–Crippen MR) is 58.1 cm³/mol. The summed E-state index contributed by atoms with van der Waals surface area (Å²) in [6.45, 7) is 2.23. The lowest BCUT2D eigenvalue weighted by Crippen LogP contribution is -2.36. The average Bonchev–Trinajstić information content (AvgIpc) is 2.52. The molecule has 0 aliphatic carbocycles. The Morgan fingerprint density at radius 1 is 1.38 bits per heavy atom. The lowest BCUT2D eigenvalue weighted by molar-refractivity contribution is 0.352. The fourth-order valence-corrected chi connectivity index (χ4v) is 1.97. The highest BCUT2D eigenvalue weighted by Gasteiger charge is 2.11. The van der Waals surface area contributed by atoms with E-state index in [9.17, 15) is 0 Å². The maximum Gasteiger partial charge on any atom is 0.200 e. The Balaban J connectivity index is 1.99. The van der Waals surface area contributed by atoms with E-state index >= 15 is 0 Å². The maximum atomic E-state index is 4.08. The zero-order chi connectivity index (χ0) is 9.52. The van der Waals surface area contributed by atoms with Crippen molar-refractivity contribution in [3.8, 4) is 0 Å². The van der Waals surface area contributed by atoms with Gasteiger partial charge in [-0.3, -0.25) is 5.01 Å². The highest BCUT2D eigenvalue weighted by molar-refractivity contribution is 8.13. The van der Waals surface area contributed by atoms with Crippen LogP contribution in [0.4, 0.5) is 0 Å². The van der Waals surface area contributed by atoms with Gasteiger partial charge in [0.25, 0.3) is 0 Å². The molecule has 0 aromatic carbocycles. The van der Waals surface area contributed by atoms with Gasteiger partial charge in [-0.15, -0.1) is 10.6 Å². The number of nitrogens with zero attached hydrogens (tertiary/aromatic N) is 2. The Morgan fingerprint density at radius 3 is 2.85 bits per heavy atom. The summed E-state index contributed by atoms with van der Waals surface area (Å²) in [6, 6.07) is 0. The van der Waals surface area contributed by atoms with Gasteiger partial charge in [-0.25, -0.2) is 5.53 Å². The normalized spacial score (nSPS) is 15.8. The number of thioether (sulfide) groups is 1. The molecule has 0 fully saturated rings. The lowest BCUT2D eigenvalue weighted by atomic mass is 10.2. The third-order valence-corrected chi connectivity index (χ3v) is 3.00. The van der Waals surface area contributed by atoms with Gasteiger partial charge >= 0.3 is 0 Å². The second kappa shape index (κ2) is 6.10. The van der Waals surface area contributed by atoms with Crippen LogP contribution in [0.5, 0.6) is 0 Å². The van der Waals surface area contributed by atoms with Crippen LogP contribution in [-0.4, -0.2) is 23.0 Å². The number of hydrogen-bond acceptors (Lipinski definition) is 5. The molecule has 0 atom stereocenters. The molecule has 0 unspecified atom stereocenters. The van der Waals surface area contributed by atoms with E-state index in [1.54, 1.807) is 11.8 Å². The van der Waals surface area contributed by atoms with Crippen LogP contribution in [0.1, 0.15) is 32.6 Å². The van der Waals surface area contributed by atoms with Gasteiger partial charge < -0.3 is 0 Å². The zero-order valence-corrected chi connectivity index (χ0v) is 9.15. The van der Waals surface area contributed by atoms with Crippen LogP contribution in [-0.2, 0) is 0 Å². The SMILES string of the molecule is CCCCCCSC1=NNNN1C. The highest BCUT2D eigenvalue weighted by Crippen LogP contribution is 2.11. The molecular formula is C8H18N4S. The van der Waals surface area contributed by atoms with Gasteiger partial charge in [-0.1, -0.05) is 37.9 Å². The van der Waals surface area contributed by atoms with Crippen LogP contribution >= 0.6 is 11.8 Å². The number of nitrogens with one attached hydrogen (secondary N) is 2. The molecule has 1 rings (SSSR count). The number of amidine groups is 1. The van der Waals surface area contributed by atoms with E-state index in [1.165, 1.54) is 25.7 Å². The Kier molecular flexibility index (Phi) is 5.00. The molecule has 0 amide bonds. The summed E-state index contributed by atoms with van der Waals surface area (Å²) in [5.74, 6) is 1.16. The van der Waals surface area contributed by atoms with Crippen molar-refractivity contribution in [1.82, 2.24) is 16.1 Å². The monoisotopic (exact) mass is 202 g/mol. The van der Waals surface area contributed by atoms with Gasteiger partial charge in [0.05, 0.1) is 0 Å². The second-order valence-electron chi connectivity index (χ2n) is 3.09. The molecule has 5 heteroatoms. The van der Waals surface area contributed by atoms with E-state index in [1.807, 2.05) is 12.1 Å². The van der Waals surface area contributed by atoms with Crippen LogP contribution in [0, 0.1) is 0 Å². The van der Waals surface area contributed by atoms with E-state index in [-0.39, 0.29) is 0 Å². The van der Waals surface area contributed by atoms with Crippen LogP contribution in [0.25, 0.3) is 0 Å². The van der Waals surface area contributed by atoms with Gasteiger partial charge in [-0.05, 0) is 6.42 Å². The van der Waals surface area contributed by atoms with Crippen LogP contribution in [0.3, 0.4) is 0 Å². The summed E-state index contributed by atoms with van der Waals surface area (Å²) in [5.41, 5.74) is 5.60. The molecule has 13 heavy (non-hydrogen) atoms. The first-order valence-corrected chi connectivity index (χ1v) is 5.78. The molecule has 1 aliphatic heterocycles. The minimum absolute atomic E-state index is 1.02. The molecule has 1 aliphatic rings. The average molecular weight is 202 g/mol. The van der Waals surface area contributed by atoms with Crippen molar-refractivity contribution in [2.75, 3.05) is 12.8 Å². The van der Waals surface area contributed by atoms with Crippen molar-refractivity contribution < 1.29 is 0 Å². The number of hydrogen-bond donors (Lipinski definition) is 2. The third-order valence-electron chi connectivity index (χ3n) is 1.89. The van der Waals surface area contributed by atoms with Crippen molar-refractivity contribution in [2.45, 2.75) is 32.6 Å². The van der Waals surface area contributed by atoms with Crippen molar-refractivity contribution in [3.63, 3.8) is 0 Å². The van der Waals surface area contributed by atoms with Gasteiger partial charge in [0.2, 0.25) is 0 Å². The van der Waals surface area contributed by atoms with Gasteiger partial charge in [-0.2, -0.15) is 0 Å². The molecule has 4 nitrogen and oxygen atoms in total. The van der Waals surface area contributed by atoms with E-state index in [0.29, 0.717) is 0 Å². The fourth-order valence-electron chi connectivity index (χ4n) is 1.09. The maximum absolute atomic E-state index is 4.08.